The summed E-state index contributed by atoms with van der Waals surface area (Å²) in [6.45, 7) is 0. The van der Waals surface area contributed by atoms with Gasteiger partial charge in [0.1, 0.15) is 23.2 Å². The molecule has 100 valence electrons. The van der Waals surface area contributed by atoms with Gasteiger partial charge in [-0.15, -0.1) is 0 Å². The normalized spacial score (nSPS) is 10.8. The van der Waals surface area contributed by atoms with Gasteiger partial charge < -0.3 is 6.42 Å². The van der Waals surface area contributed by atoms with Crippen LogP contribution in [0.25, 0.3) is 0 Å². The van der Waals surface area contributed by atoms with E-state index in [4.69, 9.17) is 6.42 Å². The van der Waals surface area contributed by atoms with Gasteiger partial charge in [-0.3, -0.25) is 0 Å². The molecule has 0 amide bonds. The molecule has 0 aliphatic carbocycles. The van der Waals surface area contributed by atoms with Gasteiger partial charge in [-0.2, -0.15) is 5.66 Å². The summed E-state index contributed by atoms with van der Waals surface area (Å²) in [6.07, 6.45) is 8.12. The third-order valence-electron chi connectivity index (χ3n) is 3.60. The van der Waals surface area contributed by atoms with Gasteiger partial charge in [0.05, 0.1) is 0 Å². The smallest absolute Gasteiger partial charge is 0.145 e. The van der Waals surface area contributed by atoms with Gasteiger partial charge in [-0.25, -0.2) is 0 Å². The molecular weight excluding hydrogens is 271 g/mol. The topological polar surface area (TPSA) is 0 Å². The summed E-state index contributed by atoms with van der Waals surface area (Å²) in [7, 11) is -2.12. The summed E-state index contributed by atoms with van der Waals surface area (Å²) in [4.78, 5) is 0. The molecule has 0 aliphatic heterocycles. The van der Waals surface area contributed by atoms with Crippen LogP contribution in [0.15, 0.2) is 91.0 Å². The van der Waals surface area contributed by atoms with Gasteiger partial charge in [-0.1, -0.05) is 54.6 Å². The molecule has 3 aromatic rings. The molecule has 21 heavy (non-hydrogen) atoms. The highest BCUT2D eigenvalue weighted by molar-refractivity contribution is 7.99. The molecule has 3 aromatic carbocycles. The van der Waals surface area contributed by atoms with E-state index in [0.29, 0.717) is 0 Å². The Morgan fingerprint density at radius 2 is 0.810 bits per heavy atom. The van der Waals surface area contributed by atoms with E-state index in [1.54, 1.807) is 0 Å². The van der Waals surface area contributed by atoms with Crippen LogP contribution in [0.4, 0.5) is 0 Å². The first-order valence-electron chi connectivity index (χ1n) is 6.88. The van der Waals surface area contributed by atoms with Crippen molar-refractivity contribution in [2.24, 2.45) is 0 Å². The fourth-order valence-corrected chi connectivity index (χ4v) is 5.74. The van der Waals surface area contributed by atoms with E-state index in [-0.39, 0.29) is 0 Å². The Balaban J connectivity index is 2.32. The summed E-state index contributed by atoms with van der Waals surface area (Å²) < 4.78 is 0. The van der Waals surface area contributed by atoms with E-state index < -0.39 is 7.26 Å². The third kappa shape index (κ3) is 2.38. The molecule has 0 radical (unpaired) electrons. The highest BCUT2D eigenvalue weighted by Gasteiger charge is 2.40. The van der Waals surface area contributed by atoms with Gasteiger partial charge in [0, 0.05) is 0 Å². The van der Waals surface area contributed by atoms with Gasteiger partial charge in [0.25, 0.3) is 0 Å². The Morgan fingerprint density at radius 3 is 1.05 bits per heavy atom. The number of hydrogen-bond acceptors (Lipinski definition) is 0. The van der Waals surface area contributed by atoms with Crippen LogP contribution in [0.3, 0.4) is 0 Å². The maximum absolute atomic E-state index is 8.12. The molecule has 1 heteroatoms. The van der Waals surface area contributed by atoms with Crippen LogP contribution in [0.1, 0.15) is 0 Å². The lowest BCUT2D eigenvalue weighted by molar-refractivity contribution is 1.73. The quantitative estimate of drug-likeness (QED) is 0.392. The molecule has 0 nitrogen and oxygen atoms in total. The van der Waals surface area contributed by atoms with Gasteiger partial charge >= 0.3 is 0 Å². The van der Waals surface area contributed by atoms with E-state index >= 15 is 0 Å². The van der Waals surface area contributed by atoms with Crippen LogP contribution in [-0.2, 0) is 0 Å². The lowest BCUT2D eigenvalue weighted by atomic mass is 10.4. The van der Waals surface area contributed by atoms with Crippen LogP contribution in [0.5, 0.6) is 0 Å². The Bertz CT molecular complexity index is 643. The Labute approximate surface area is 126 Å². The van der Waals surface area contributed by atoms with Crippen LogP contribution < -0.4 is 15.9 Å². The van der Waals surface area contributed by atoms with Crippen LogP contribution in [0.2, 0.25) is 0 Å². The van der Waals surface area contributed by atoms with Crippen molar-refractivity contribution in [3.8, 4) is 5.66 Å². The van der Waals surface area contributed by atoms with E-state index in [1.807, 2.05) is 54.6 Å². The van der Waals surface area contributed by atoms with Crippen molar-refractivity contribution in [2.75, 3.05) is 0 Å². The lowest BCUT2D eigenvalue weighted by Crippen LogP contribution is -2.29. The van der Waals surface area contributed by atoms with Gasteiger partial charge in [0.2, 0.25) is 0 Å². The molecule has 0 aliphatic rings. The first-order valence-corrected chi connectivity index (χ1v) is 8.67. The monoisotopic (exact) mass is 286 g/mol. The van der Waals surface area contributed by atoms with Crippen molar-refractivity contribution in [3.63, 3.8) is 0 Å². The SMILES string of the molecule is [C-]#C[P+](c1ccccc1)(c1ccccc1)c1ccccc1. The van der Waals surface area contributed by atoms with Crippen molar-refractivity contribution >= 4 is 23.2 Å². The van der Waals surface area contributed by atoms with Crippen molar-refractivity contribution in [1.29, 1.82) is 0 Å². The van der Waals surface area contributed by atoms with Crippen LogP contribution in [0, 0.1) is 12.1 Å². The average molecular weight is 286 g/mol. The summed E-state index contributed by atoms with van der Waals surface area (Å²) in [5.41, 5.74) is 2.93. The molecule has 0 heterocycles. The fourth-order valence-electron chi connectivity index (χ4n) is 2.60. The second-order valence-electron chi connectivity index (χ2n) is 4.79. The van der Waals surface area contributed by atoms with Crippen molar-refractivity contribution in [3.05, 3.63) is 97.4 Å². The summed E-state index contributed by atoms with van der Waals surface area (Å²) in [5, 5.41) is 3.49. The molecule has 0 unspecified atom stereocenters. The molecule has 0 fully saturated rings. The van der Waals surface area contributed by atoms with Crippen molar-refractivity contribution < 1.29 is 0 Å². The third-order valence-corrected chi connectivity index (χ3v) is 7.15. The molecule has 0 spiro atoms. The maximum Gasteiger partial charge on any atom is 0.145 e. The van der Waals surface area contributed by atoms with E-state index in [0.717, 1.165) is 15.9 Å². The summed E-state index contributed by atoms with van der Waals surface area (Å²) >= 11 is 0. The molecule has 0 saturated carbocycles. The van der Waals surface area contributed by atoms with Crippen molar-refractivity contribution in [2.45, 2.75) is 0 Å². The minimum Gasteiger partial charge on any atom is -0.646 e. The predicted octanol–water partition coefficient (Wildman–Crippen LogP) is 3.53. The van der Waals surface area contributed by atoms with Crippen LogP contribution >= 0.6 is 7.26 Å². The highest BCUT2D eigenvalue weighted by atomic mass is 31.2. The fraction of sp³-hybridized carbons (Fsp3) is 0. The Kier molecular flexibility index (Phi) is 3.87. The van der Waals surface area contributed by atoms with Crippen LogP contribution in [-0.4, -0.2) is 0 Å². The standard InChI is InChI=1S/C20H15P/c1-2-21(18-12-6-3-7-13-18,19-14-8-4-9-15-19)20-16-10-5-11-17-20/h3-17H. The predicted molar refractivity (Wildman–Crippen MR) is 92.3 cm³/mol. The largest absolute Gasteiger partial charge is 0.646 e. The zero-order valence-corrected chi connectivity index (χ0v) is 12.5. The molecule has 0 atom stereocenters. The Hall–Kier alpha value is -2.35. The first-order chi connectivity index (χ1) is 10.4. The lowest BCUT2D eigenvalue weighted by Gasteiger charge is -2.24. The Morgan fingerprint density at radius 1 is 0.524 bits per heavy atom. The van der Waals surface area contributed by atoms with Gasteiger partial charge in [0.15, 0.2) is 0 Å². The molecule has 3 rings (SSSR count). The highest BCUT2D eigenvalue weighted by Crippen LogP contribution is 2.53. The number of benzene rings is 3. The molecule has 0 N–H and O–H groups in total. The van der Waals surface area contributed by atoms with E-state index in [1.165, 1.54) is 0 Å². The summed E-state index contributed by atoms with van der Waals surface area (Å²) in [5.74, 6) is 0. The maximum atomic E-state index is 8.12. The first kappa shape index (κ1) is 13.6. The minimum atomic E-state index is -2.12. The van der Waals surface area contributed by atoms with E-state index in [9.17, 15) is 0 Å². The molecule has 0 bridgehead atoms. The molecule has 0 aromatic heterocycles. The summed E-state index contributed by atoms with van der Waals surface area (Å²) in [6, 6.07) is 30.9. The minimum absolute atomic E-state index is 1.16. The van der Waals surface area contributed by atoms with E-state index in [2.05, 4.69) is 42.1 Å². The number of rotatable bonds is 3. The number of hydrogen-bond donors (Lipinski definition) is 0. The second kappa shape index (κ2) is 5.96. The molecular formula is C20H15P. The molecule has 0 saturated heterocycles. The van der Waals surface area contributed by atoms with Crippen molar-refractivity contribution in [1.82, 2.24) is 0 Å². The van der Waals surface area contributed by atoms with Gasteiger partial charge in [-0.05, 0) is 36.4 Å². The average Bonchev–Trinajstić information content (AvgIpc) is 2.59. The zero-order valence-electron chi connectivity index (χ0n) is 11.6. The second-order valence-corrected chi connectivity index (χ2v) is 7.90. The zero-order chi connectivity index (χ0) is 14.5.